The summed E-state index contributed by atoms with van der Waals surface area (Å²) in [6.45, 7) is 19.3. The van der Waals surface area contributed by atoms with E-state index >= 15 is 0 Å². The molecule has 0 radical (unpaired) electrons. The van der Waals surface area contributed by atoms with Gasteiger partial charge in [-0.3, -0.25) is 0 Å². The molecular weight excluding hydrogens is 592 g/mol. The predicted octanol–water partition coefficient (Wildman–Crippen LogP) is 9.25. The SMILES string of the molecule is C=CCN1/C(=C/C=C2\CCCC(/C=C/C3=[N+](CC=C)C4CC=c5ccccc5=C4C3(C)C)=C2Cl)C(C)(C)c2c1ccc1ccccc21. The first kappa shape index (κ1) is 31.5. The summed E-state index contributed by atoms with van der Waals surface area (Å²) in [5.74, 6) is 0. The van der Waals surface area contributed by atoms with E-state index < -0.39 is 0 Å². The summed E-state index contributed by atoms with van der Waals surface area (Å²) < 4.78 is 2.56. The van der Waals surface area contributed by atoms with E-state index in [1.807, 2.05) is 12.2 Å². The lowest BCUT2D eigenvalue weighted by Crippen LogP contribution is -2.39. The first-order chi connectivity index (χ1) is 22.7. The van der Waals surface area contributed by atoms with Crippen molar-refractivity contribution in [2.75, 3.05) is 18.0 Å². The highest BCUT2D eigenvalue weighted by Gasteiger charge is 2.50. The van der Waals surface area contributed by atoms with Crippen molar-refractivity contribution in [2.24, 2.45) is 5.41 Å². The molecule has 0 spiro atoms. The van der Waals surface area contributed by atoms with Gasteiger partial charge in [-0.15, -0.1) is 6.58 Å². The van der Waals surface area contributed by atoms with Crippen LogP contribution in [0.15, 0.2) is 132 Å². The Kier molecular flexibility index (Phi) is 8.13. The number of benzene rings is 3. The van der Waals surface area contributed by atoms with Crippen LogP contribution in [0.2, 0.25) is 0 Å². The Bertz CT molecular complexity index is 2100. The van der Waals surface area contributed by atoms with Crippen molar-refractivity contribution in [3.05, 3.63) is 148 Å². The molecule has 3 aromatic carbocycles. The second-order valence-electron chi connectivity index (χ2n) is 14.4. The van der Waals surface area contributed by atoms with Gasteiger partial charge >= 0.3 is 0 Å². The van der Waals surface area contributed by atoms with Crippen molar-refractivity contribution in [2.45, 2.75) is 64.8 Å². The van der Waals surface area contributed by atoms with Gasteiger partial charge in [-0.2, -0.15) is 0 Å². The van der Waals surface area contributed by atoms with Crippen molar-refractivity contribution in [3.63, 3.8) is 0 Å². The Labute approximate surface area is 285 Å². The lowest BCUT2D eigenvalue weighted by atomic mass is 9.76. The minimum atomic E-state index is -0.159. The first-order valence-corrected chi connectivity index (χ1v) is 17.5. The van der Waals surface area contributed by atoms with Crippen LogP contribution in [-0.2, 0) is 5.41 Å². The number of hydrogen-bond donors (Lipinski definition) is 0. The molecule has 7 rings (SSSR count). The second kappa shape index (κ2) is 12.1. The molecule has 0 saturated heterocycles. The van der Waals surface area contributed by atoms with Crippen molar-refractivity contribution in [1.82, 2.24) is 0 Å². The summed E-state index contributed by atoms with van der Waals surface area (Å²) in [6, 6.07) is 22.5. The lowest BCUT2D eigenvalue weighted by Gasteiger charge is -2.26. The van der Waals surface area contributed by atoms with Gasteiger partial charge in [0.05, 0.1) is 5.41 Å². The zero-order chi connectivity index (χ0) is 32.9. The highest BCUT2D eigenvalue weighted by Crippen LogP contribution is 2.51. The molecule has 2 nitrogen and oxygen atoms in total. The van der Waals surface area contributed by atoms with Gasteiger partial charge in [0, 0.05) is 46.4 Å². The van der Waals surface area contributed by atoms with Crippen molar-refractivity contribution in [1.29, 1.82) is 0 Å². The maximum atomic E-state index is 7.26. The number of allylic oxidation sites excluding steroid dienone is 8. The van der Waals surface area contributed by atoms with Gasteiger partial charge in [-0.05, 0) is 89.2 Å². The van der Waals surface area contributed by atoms with E-state index in [-0.39, 0.29) is 10.8 Å². The molecular formula is C44H46ClN2+. The Morgan fingerprint density at radius 1 is 0.894 bits per heavy atom. The molecule has 3 heteroatoms. The van der Waals surface area contributed by atoms with Gasteiger partial charge in [-0.25, -0.2) is 4.58 Å². The molecule has 2 aliphatic carbocycles. The number of nitrogens with zero attached hydrogens (tertiary/aromatic N) is 2. The van der Waals surface area contributed by atoms with Crippen molar-refractivity contribution < 1.29 is 4.58 Å². The third kappa shape index (κ3) is 5.13. The van der Waals surface area contributed by atoms with Gasteiger partial charge in [0.1, 0.15) is 0 Å². The van der Waals surface area contributed by atoms with Crippen molar-refractivity contribution in [3.8, 4) is 0 Å². The Morgan fingerprint density at radius 3 is 2.49 bits per heavy atom. The van der Waals surface area contributed by atoms with Gasteiger partial charge in [-0.1, -0.05) is 111 Å². The monoisotopic (exact) mass is 637 g/mol. The van der Waals surface area contributed by atoms with Crippen LogP contribution >= 0.6 is 11.6 Å². The highest BCUT2D eigenvalue weighted by atomic mass is 35.5. The van der Waals surface area contributed by atoms with E-state index in [0.29, 0.717) is 6.04 Å². The fraction of sp³-hybridized carbons (Fsp3) is 0.295. The van der Waals surface area contributed by atoms with Crippen LogP contribution in [-0.4, -0.2) is 29.4 Å². The lowest BCUT2D eigenvalue weighted by molar-refractivity contribution is -0.535. The Morgan fingerprint density at radius 2 is 1.68 bits per heavy atom. The number of fused-ring (bicyclic) bond motifs is 5. The zero-order valence-electron chi connectivity index (χ0n) is 28.3. The topological polar surface area (TPSA) is 6.25 Å². The molecule has 2 aliphatic heterocycles. The summed E-state index contributed by atoms with van der Waals surface area (Å²) in [4.78, 5) is 2.42. The highest BCUT2D eigenvalue weighted by molar-refractivity contribution is 6.32. The normalized spacial score (nSPS) is 23.0. The number of anilines is 1. The average molecular weight is 638 g/mol. The zero-order valence-corrected chi connectivity index (χ0v) is 29.1. The molecule has 47 heavy (non-hydrogen) atoms. The van der Waals surface area contributed by atoms with E-state index in [1.165, 1.54) is 60.6 Å². The molecule has 4 aliphatic rings. The maximum Gasteiger partial charge on any atom is 0.186 e. The smallest absolute Gasteiger partial charge is 0.186 e. The molecule has 0 bridgehead atoms. The number of rotatable bonds is 7. The molecule has 0 fully saturated rings. The van der Waals surface area contributed by atoms with Gasteiger partial charge < -0.3 is 4.90 Å². The first-order valence-electron chi connectivity index (χ1n) is 17.1. The fourth-order valence-electron chi connectivity index (χ4n) is 8.75. The van der Waals surface area contributed by atoms with Gasteiger partial charge in [0.25, 0.3) is 0 Å². The Hall–Kier alpha value is -4.14. The molecule has 238 valence electrons. The minimum absolute atomic E-state index is 0.0961. The molecule has 1 unspecified atom stereocenters. The van der Waals surface area contributed by atoms with Crippen molar-refractivity contribution >= 4 is 45.4 Å². The molecule has 0 aromatic heterocycles. The van der Waals surface area contributed by atoms with E-state index in [1.54, 1.807) is 0 Å². The molecule has 0 N–H and O–H groups in total. The van der Waals surface area contributed by atoms with Crippen LogP contribution in [0.25, 0.3) is 22.4 Å². The fourth-order valence-corrected chi connectivity index (χ4v) is 9.07. The summed E-state index contributed by atoms with van der Waals surface area (Å²) in [6.07, 6.45) is 19.8. The third-order valence-corrected chi connectivity index (χ3v) is 11.4. The molecule has 2 heterocycles. The van der Waals surface area contributed by atoms with Gasteiger partial charge in [0.15, 0.2) is 18.3 Å². The third-order valence-electron chi connectivity index (χ3n) is 10.9. The average Bonchev–Trinajstić information content (AvgIpc) is 3.42. The maximum absolute atomic E-state index is 7.26. The van der Waals surface area contributed by atoms with Crippen LogP contribution in [0.5, 0.6) is 0 Å². The van der Waals surface area contributed by atoms with E-state index in [4.69, 9.17) is 11.6 Å². The molecule has 0 saturated carbocycles. The second-order valence-corrected chi connectivity index (χ2v) is 14.8. The van der Waals surface area contributed by atoms with Crippen LogP contribution < -0.4 is 15.3 Å². The molecule has 3 aromatic rings. The van der Waals surface area contributed by atoms with Crippen LogP contribution in [0.4, 0.5) is 5.69 Å². The molecule has 1 atom stereocenters. The summed E-state index contributed by atoms with van der Waals surface area (Å²) in [7, 11) is 0. The minimum Gasteiger partial charge on any atom is -0.340 e. The summed E-state index contributed by atoms with van der Waals surface area (Å²) in [5.41, 5.74) is 8.98. The number of hydrogen-bond acceptors (Lipinski definition) is 1. The van der Waals surface area contributed by atoms with Crippen LogP contribution in [0.1, 0.15) is 58.9 Å². The van der Waals surface area contributed by atoms with Crippen LogP contribution in [0, 0.1) is 5.41 Å². The largest absolute Gasteiger partial charge is 0.340 e. The quantitative estimate of drug-likeness (QED) is 0.185. The van der Waals surface area contributed by atoms with E-state index in [0.717, 1.165) is 43.8 Å². The van der Waals surface area contributed by atoms with E-state index in [9.17, 15) is 0 Å². The standard InChI is InChI=1S/C44H46ClN2/c1-7-28-46-36-24-20-30-14-9-11-18-34(30)40(36)43(3,4)38(46)26-22-32-16-13-17-33(42(32)45)23-27-39-44(5,6)41-35-19-12-10-15-31(35)21-25-37(41)47(39)29-8-2/h7-12,14-15,18-24,26-27,37H,1-2,13,16-17,25,28-29H2,3-6H3/q+1. The summed E-state index contributed by atoms with van der Waals surface area (Å²) >= 11 is 7.26. The number of halogens is 1. The van der Waals surface area contributed by atoms with Crippen LogP contribution in [0.3, 0.4) is 0 Å². The predicted molar refractivity (Wildman–Crippen MR) is 203 cm³/mol. The molecule has 0 amide bonds. The van der Waals surface area contributed by atoms with Gasteiger partial charge in [0.2, 0.25) is 0 Å². The Balaban J connectivity index is 1.26. The summed E-state index contributed by atoms with van der Waals surface area (Å²) in [5, 5.41) is 6.23. The van der Waals surface area contributed by atoms with E-state index in [2.05, 4.69) is 141 Å².